The van der Waals surface area contributed by atoms with Gasteiger partial charge in [-0.1, -0.05) is 0 Å². The normalized spacial score (nSPS) is 10.5. The fraction of sp³-hybridized carbons (Fsp3) is 0.111. The Balaban J connectivity index is 3.02. The monoisotopic (exact) mass is 175 g/mol. The molecule has 13 heavy (non-hydrogen) atoms. The van der Waals surface area contributed by atoms with Crippen molar-refractivity contribution in [2.75, 3.05) is 5.73 Å². The van der Waals surface area contributed by atoms with Crippen LogP contribution in [0.4, 0.5) is 5.69 Å². The second-order valence-electron chi connectivity index (χ2n) is 2.88. The van der Waals surface area contributed by atoms with E-state index < -0.39 is 0 Å². The van der Waals surface area contributed by atoms with Gasteiger partial charge in [-0.15, -0.1) is 0 Å². The lowest BCUT2D eigenvalue weighted by molar-refractivity contribution is 0.891. The summed E-state index contributed by atoms with van der Waals surface area (Å²) in [7, 11) is 1.66. The number of pyridine rings is 2. The highest BCUT2D eigenvalue weighted by molar-refractivity contribution is 5.77. The summed E-state index contributed by atoms with van der Waals surface area (Å²) >= 11 is 0. The molecular weight excluding hydrogens is 166 g/mol. The van der Waals surface area contributed by atoms with E-state index in [0.717, 1.165) is 5.39 Å². The molecule has 2 rings (SSSR count). The Morgan fingerprint density at radius 2 is 2.31 bits per heavy atom. The summed E-state index contributed by atoms with van der Waals surface area (Å²) in [5.74, 6) is 0. The summed E-state index contributed by atoms with van der Waals surface area (Å²) in [5, 5.41) is 0.877. The minimum absolute atomic E-state index is 0.203. The predicted octanol–water partition coefficient (Wildman–Crippen LogP) is 0.516. The molecule has 0 fully saturated rings. The van der Waals surface area contributed by atoms with E-state index in [9.17, 15) is 4.79 Å². The van der Waals surface area contributed by atoms with Gasteiger partial charge in [-0.25, -0.2) is 4.98 Å². The van der Waals surface area contributed by atoms with Crippen molar-refractivity contribution in [3.05, 3.63) is 34.7 Å². The topological polar surface area (TPSA) is 60.9 Å². The first-order valence-electron chi connectivity index (χ1n) is 3.90. The van der Waals surface area contributed by atoms with E-state index in [1.165, 1.54) is 4.57 Å². The van der Waals surface area contributed by atoms with Crippen LogP contribution >= 0.6 is 0 Å². The number of aryl methyl sites for hydroxylation is 1. The third-order valence-corrected chi connectivity index (χ3v) is 2.00. The molecule has 2 N–H and O–H groups in total. The molecule has 2 heterocycles. The molecule has 0 aliphatic rings. The average molecular weight is 175 g/mol. The zero-order valence-corrected chi connectivity index (χ0v) is 7.19. The molecule has 0 aliphatic carbocycles. The molecule has 0 bridgehead atoms. The number of hydrogen-bond acceptors (Lipinski definition) is 3. The van der Waals surface area contributed by atoms with E-state index >= 15 is 0 Å². The largest absolute Gasteiger partial charge is 0.394 e. The van der Waals surface area contributed by atoms with Crippen LogP contribution in [0.3, 0.4) is 0 Å². The number of rotatable bonds is 0. The molecule has 4 nitrogen and oxygen atoms in total. The lowest BCUT2D eigenvalue weighted by Gasteiger charge is -2.03. The molecule has 0 saturated heterocycles. The van der Waals surface area contributed by atoms with E-state index in [1.54, 1.807) is 19.3 Å². The van der Waals surface area contributed by atoms with Gasteiger partial charge in [0, 0.05) is 18.6 Å². The van der Waals surface area contributed by atoms with Gasteiger partial charge in [-0.05, 0) is 18.2 Å². The lowest BCUT2D eigenvalue weighted by atomic mass is 10.2. The van der Waals surface area contributed by atoms with Gasteiger partial charge >= 0.3 is 0 Å². The highest BCUT2D eigenvalue weighted by atomic mass is 16.1. The Morgan fingerprint density at radius 3 is 3.08 bits per heavy atom. The van der Waals surface area contributed by atoms with Crippen LogP contribution in [-0.4, -0.2) is 9.55 Å². The predicted molar refractivity (Wildman–Crippen MR) is 51.4 cm³/mol. The number of hydrogen-bond donors (Lipinski definition) is 1. The fourth-order valence-electron chi connectivity index (χ4n) is 1.32. The lowest BCUT2D eigenvalue weighted by Crippen LogP contribution is -2.20. The molecule has 0 amide bonds. The third kappa shape index (κ3) is 1.07. The Bertz CT molecular complexity index is 516. The molecule has 0 atom stereocenters. The zero-order chi connectivity index (χ0) is 9.42. The summed E-state index contributed by atoms with van der Waals surface area (Å²) in [6.45, 7) is 0. The van der Waals surface area contributed by atoms with Crippen LogP contribution in [-0.2, 0) is 7.05 Å². The van der Waals surface area contributed by atoms with E-state index in [4.69, 9.17) is 5.73 Å². The van der Waals surface area contributed by atoms with Gasteiger partial charge < -0.3 is 5.73 Å². The maximum absolute atomic E-state index is 11.4. The maximum Gasteiger partial charge on any atom is 0.275 e. The summed E-state index contributed by atoms with van der Waals surface area (Å²) in [4.78, 5) is 15.5. The standard InChI is InChI=1S/C9H9N3O/c1-12-8-6(3-2-4-11-8)5-7(10)9(12)13/h2-5H,10H2,1H3. The first-order valence-corrected chi connectivity index (χ1v) is 3.90. The van der Waals surface area contributed by atoms with Crippen LogP contribution in [0.5, 0.6) is 0 Å². The van der Waals surface area contributed by atoms with Crippen LogP contribution in [0.1, 0.15) is 0 Å². The second-order valence-corrected chi connectivity index (χ2v) is 2.88. The minimum atomic E-state index is -0.203. The number of nitrogens with zero attached hydrogens (tertiary/aromatic N) is 2. The van der Waals surface area contributed by atoms with Gasteiger partial charge in [0.2, 0.25) is 0 Å². The summed E-state index contributed by atoms with van der Waals surface area (Å²) in [6, 6.07) is 5.33. The molecule has 0 spiro atoms. The van der Waals surface area contributed by atoms with Crippen LogP contribution < -0.4 is 11.3 Å². The molecule has 0 aliphatic heterocycles. The van der Waals surface area contributed by atoms with Gasteiger partial charge in [0.15, 0.2) is 0 Å². The molecule has 0 unspecified atom stereocenters. The number of aromatic nitrogens is 2. The number of fused-ring (bicyclic) bond motifs is 1. The Kier molecular flexibility index (Phi) is 1.55. The van der Waals surface area contributed by atoms with Crippen molar-refractivity contribution in [3.8, 4) is 0 Å². The fourth-order valence-corrected chi connectivity index (χ4v) is 1.32. The van der Waals surface area contributed by atoms with E-state index in [0.29, 0.717) is 5.65 Å². The van der Waals surface area contributed by atoms with Crippen molar-refractivity contribution in [2.24, 2.45) is 7.05 Å². The molecule has 2 aromatic rings. The number of anilines is 1. The summed E-state index contributed by atoms with van der Waals surface area (Å²) in [5.41, 5.74) is 6.23. The van der Waals surface area contributed by atoms with E-state index in [2.05, 4.69) is 4.98 Å². The van der Waals surface area contributed by atoms with Crippen LogP contribution in [0.25, 0.3) is 11.0 Å². The minimum Gasteiger partial charge on any atom is -0.394 e. The van der Waals surface area contributed by atoms with Gasteiger partial charge in [-0.3, -0.25) is 9.36 Å². The molecule has 4 heteroatoms. The smallest absolute Gasteiger partial charge is 0.275 e. The molecule has 66 valence electrons. The van der Waals surface area contributed by atoms with Gasteiger partial charge in [0.25, 0.3) is 5.56 Å². The quantitative estimate of drug-likeness (QED) is 0.634. The van der Waals surface area contributed by atoms with Gasteiger partial charge in [0.05, 0.1) is 5.69 Å². The molecular formula is C9H9N3O. The van der Waals surface area contributed by atoms with Crippen LogP contribution in [0.15, 0.2) is 29.2 Å². The Hall–Kier alpha value is -1.84. The number of nitrogens with two attached hydrogens (primary N) is 1. The first kappa shape index (κ1) is 7.79. The van der Waals surface area contributed by atoms with Crippen molar-refractivity contribution in [1.29, 1.82) is 0 Å². The third-order valence-electron chi connectivity index (χ3n) is 2.00. The van der Waals surface area contributed by atoms with Crippen molar-refractivity contribution in [1.82, 2.24) is 9.55 Å². The van der Waals surface area contributed by atoms with E-state index in [-0.39, 0.29) is 11.2 Å². The molecule has 0 saturated carbocycles. The summed E-state index contributed by atoms with van der Waals surface area (Å²) < 4.78 is 1.45. The molecule has 0 radical (unpaired) electrons. The first-order chi connectivity index (χ1) is 6.20. The van der Waals surface area contributed by atoms with Crippen molar-refractivity contribution in [3.63, 3.8) is 0 Å². The molecule has 0 aromatic carbocycles. The van der Waals surface area contributed by atoms with Gasteiger partial charge in [0.1, 0.15) is 5.65 Å². The second kappa shape index (κ2) is 2.58. The molecule has 2 aromatic heterocycles. The maximum atomic E-state index is 11.4. The zero-order valence-electron chi connectivity index (χ0n) is 7.19. The highest BCUT2D eigenvalue weighted by Crippen LogP contribution is 2.09. The highest BCUT2D eigenvalue weighted by Gasteiger charge is 2.02. The van der Waals surface area contributed by atoms with E-state index in [1.807, 2.05) is 12.1 Å². The van der Waals surface area contributed by atoms with Crippen LogP contribution in [0, 0.1) is 0 Å². The van der Waals surface area contributed by atoms with Crippen molar-refractivity contribution in [2.45, 2.75) is 0 Å². The number of nitrogen functional groups attached to an aromatic ring is 1. The van der Waals surface area contributed by atoms with Crippen LogP contribution in [0.2, 0.25) is 0 Å². The van der Waals surface area contributed by atoms with Crippen molar-refractivity contribution < 1.29 is 0 Å². The Morgan fingerprint density at radius 1 is 1.54 bits per heavy atom. The average Bonchev–Trinajstić information content (AvgIpc) is 2.15. The SMILES string of the molecule is Cn1c(=O)c(N)cc2cccnc21. The summed E-state index contributed by atoms with van der Waals surface area (Å²) in [6.07, 6.45) is 1.65. The van der Waals surface area contributed by atoms with Gasteiger partial charge in [-0.2, -0.15) is 0 Å². The van der Waals surface area contributed by atoms with Crippen molar-refractivity contribution >= 4 is 16.7 Å². The Labute approximate surface area is 74.6 Å².